The number of benzene rings is 3. The Morgan fingerprint density at radius 3 is 2.23 bits per heavy atom. The van der Waals surface area contributed by atoms with Crippen LogP contribution in [-0.2, 0) is 21.5 Å². The van der Waals surface area contributed by atoms with Gasteiger partial charge >= 0.3 is 0 Å². The third-order valence-corrected chi connectivity index (χ3v) is 7.36. The van der Waals surface area contributed by atoms with Crippen molar-refractivity contribution in [2.45, 2.75) is 71.3 Å². The first-order valence-corrected chi connectivity index (χ1v) is 16.1. The third-order valence-electron chi connectivity index (χ3n) is 7.36. The van der Waals surface area contributed by atoms with Crippen LogP contribution in [0.15, 0.2) is 103 Å². The van der Waals surface area contributed by atoms with Gasteiger partial charge in [0.15, 0.2) is 12.1 Å². The highest BCUT2D eigenvalue weighted by Crippen LogP contribution is 2.46. The van der Waals surface area contributed by atoms with E-state index in [2.05, 4.69) is 78.4 Å². The van der Waals surface area contributed by atoms with E-state index in [1.807, 2.05) is 38.1 Å². The molecule has 3 aromatic carbocycles. The zero-order chi connectivity index (χ0) is 34.7. The number of hydrogen-bond donors (Lipinski definition) is 2. The fourth-order valence-corrected chi connectivity index (χ4v) is 4.59. The molecule has 5 nitrogen and oxygen atoms in total. The van der Waals surface area contributed by atoms with Crippen molar-refractivity contribution in [2.75, 3.05) is 13.6 Å². The van der Waals surface area contributed by atoms with Crippen LogP contribution in [0, 0.1) is 11.8 Å². The molecule has 1 saturated carbocycles. The number of carbonyl (C=O) groups excluding carboxylic acids is 3. The van der Waals surface area contributed by atoms with Crippen molar-refractivity contribution in [1.29, 1.82) is 0 Å². The van der Waals surface area contributed by atoms with E-state index in [-0.39, 0.29) is 22.8 Å². The van der Waals surface area contributed by atoms with Gasteiger partial charge in [-0.1, -0.05) is 100 Å². The van der Waals surface area contributed by atoms with Crippen molar-refractivity contribution in [3.05, 3.63) is 119 Å². The third kappa shape index (κ3) is 12.9. The minimum atomic E-state index is -0.728. The molecule has 248 valence electrons. The van der Waals surface area contributed by atoms with E-state index in [0.29, 0.717) is 25.7 Å². The monoisotopic (exact) mass is 640 g/mol. The summed E-state index contributed by atoms with van der Waals surface area (Å²) < 4.78 is 26.3. The van der Waals surface area contributed by atoms with Gasteiger partial charge < -0.3 is 10.6 Å². The number of aldehydes is 1. The van der Waals surface area contributed by atoms with Crippen LogP contribution >= 0.6 is 0 Å². The summed E-state index contributed by atoms with van der Waals surface area (Å²) >= 11 is 0. The lowest BCUT2D eigenvalue weighted by Gasteiger charge is -2.19. The molecule has 0 heterocycles. The van der Waals surface area contributed by atoms with Gasteiger partial charge in [0.2, 0.25) is 0 Å². The molecule has 0 unspecified atom stereocenters. The average Bonchev–Trinajstić information content (AvgIpc) is 3.88. The lowest BCUT2D eigenvalue weighted by molar-refractivity contribution is -0.129. The van der Waals surface area contributed by atoms with Crippen LogP contribution in [0.2, 0.25) is 0 Å². The second-order valence-electron chi connectivity index (χ2n) is 11.1. The SMILES string of the molecule is C=C(C#CCNC)/C(F)=C\C(F)=C/CCC.CCCC(=O)C=O.CCc1ccccc1C(=O)NC1(c2ccc3ccccc3c2)CC1. The fourth-order valence-electron chi connectivity index (χ4n) is 4.59. The summed E-state index contributed by atoms with van der Waals surface area (Å²) in [7, 11) is 1.73. The smallest absolute Gasteiger partial charge is 0.252 e. The molecule has 0 aromatic heterocycles. The van der Waals surface area contributed by atoms with E-state index in [1.54, 1.807) is 7.05 Å². The Labute approximate surface area is 278 Å². The minimum absolute atomic E-state index is 0.00435. The molecule has 0 radical (unpaired) electrons. The van der Waals surface area contributed by atoms with Crippen LogP contribution in [0.25, 0.3) is 10.8 Å². The Balaban J connectivity index is 0.000000289. The largest absolute Gasteiger partial charge is 0.343 e. The van der Waals surface area contributed by atoms with Crippen LogP contribution in [0.4, 0.5) is 8.78 Å². The van der Waals surface area contributed by atoms with E-state index in [1.165, 1.54) is 22.4 Å². The summed E-state index contributed by atoms with van der Waals surface area (Å²) in [6, 6.07) is 22.8. The molecule has 0 aliphatic heterocycles. The van der Waals surface area contributed by atoms with Crippen molar-refractivity contribution in [3.63, 3.8) is 0 Å². The molecule has 2 N–H and O–H groups in total. The number of hydrogen-bond acceptors (Lipinski definition) is 4. The normalized spacial score (nSPS) is 13.1. The van der Waals surface area contributed by atoms with Crippen LogP contribution in [0.1, 0.15) is 80.8 Å². The zero-order valence-corrected chi connectivity index (χ0v) is 27.9. The molecule has 4 rings (SSSR count). The maximum atomic E-state index is 13.3. The van der Waals surface area contributed by atoms with Gasteiger partial charge in [-0.2, -0.15) is 0 Å². The Morgan fingerprint density at radius 2 is 1.64 bits per heavy atom. The van der Waals surface area contributed by atoms with Gasteiger partial charge in [-0.3, -0.25) is 14.4 Å². The number of ketones is 1. The number of unbranched alkanes of at least 4 members (excludes halogenated alkanes) is 1. The first-order chi connectivity index (χ1) is 22.6. The predicted molar refractivity (Wildman–Crippen MR) is 188 cm³/mol. The van der Waals surface area contributed by atoms with Gasteiger partial charge in [0.05, 0.1) is 17.7 Å². The molecule has 47 heavy (non-hydrogen) atoms. The predicted octanol–water partition coefficient (Wildman–Crippen LogP) is 8.65. The zero-order valence-electron chi connectivity index (χ0n) is 27.9. The second kappa shape index (κ2) is 20.5. The van der Waals surface area contributed by atoms with Gasteiger partial charge in [0.1, 0.15) is 11.7 Å². The van der Waals surface area contributed by atoms with Crippen molar-refractivity contribution in [2.24, 2.45) is 0 Å². The van der Waals surface area contributed by atoms with Gasteiger partial charge in [0.25, 0.3) is 5.91 Å². The number of Topliss-reactive ketones (excluding diaryl/α,β-unsaturated/α-hetero) is 1. The molecule has 1 aliphatic rings. The standard InChI is InChI=1S/C22H21NO.C13H17F2N.C5H8O2/c1-2-16-7-5-6-10-20(16)21(24)23-22(13-14-22)19-12-11-17-8-3-4-9-18(17)15-19;1-4-5-8-12(14)10-13(15)11(2)7-6-9-16-3;1-2-3-5(7)4-6/h3-12,15H,2,13-14H2,1H3,(H,23,24);8,10,16H,2,4-5,9H2,1,3H3;4H,2-3H2,1H3/b;12-8+,13-10+;. The lowest BCUT2D eigenvalue weighted by atomic mass is 9.99. The van der Waals surface area contributed by atoms with Crippen LogP contribution in [-0.4, -0.2) is 31.6 Å². The number of nitrogens with one attached hydrogen (secondary N) is 2. The quantitative estimate of drug-likeness (QED) is 0.0900. The number of aryl methyl sites for hydroxylation is 1. The van der Waals surface area contributed by atoms with Gasteiger partial charge in [-0.05, 0) is 79.3 Å². The highest BCUT2D eigenvalue weighted by Gasteiger charge is 2.45. The Kier molecular flexibility index (Phi) is 16.8. The molecule has 0 spiro atoms. The van der Waals surface area contributed by atoms with Crippen molar-refractivity contribution >= 4 is 28.7 Å². The summed E-state index contributed by atoms with van der Waals surface area (Å²) in [4.78, 5) is 32.4. The number of carbonyl (C=O) groups is 3. The van der Waals surface area contributed by atoms with Crippen molar-refractivity contribution in [1.82, 2.24) is 10.6 Å². The maximum absolute atomic E-state index is 13.3. The van der Waals surface area contributed by atoms with Gasteiger partial charge in [-0.25, -0.2) is 8.78 Å². The maximum Gasteiger partial charge on any atom is 0.252 e. The average molecular weight is 641 g/mol. The summed E-state index contributed by atoms with van der Waals surface area (Å²) in [5.74, 6) is 3.57. The molecular weight excluding hydrogens is 594 g/mol. The first kappa shape index (κ1) is 38.5. The van der Waals surface area contributed by atoms with Crippen LogP contribution in [0.5, 0.6) is 0 Å². The van der Waals surface area contributed by atoms with E-state index >= 15 is 0 Å². The summed E-state index contributed by atoms with van der Waals surface area (Å²) in [6.07, 6.45) is 7.97. The van der Waals surface area contributed by atoms with Crippen molar-refractivity contribution < 1.29 is 23.2 Å². The summed E-state index contributed by atoms with van der Waals surface area (Å²) in [5, 5.41) is 8.55. The summed E-state index contributed by atoms with van der Waals surface area (Å²) in [6.45, 7) is 9.74. The second-order valence-corrected chi connectivity index (χ2v) is 11.1. The Morgan fingerprint density at radius 1 is 0.957 bits per heavy atom. The molecule has 0 saturated heterocycles. The topological polar surface area (TPSA) is 75.3 Å². The molecule has 0 atom stereocenters. The molecule has 7 heteroatoms. The van der Waals surface area contributed by atoms with Gasteiger partial charge in [0, 0.05) is 18.1 Å². The fraction of sp³-hybridized carbons (Fsp3) is 0.325. The van der Waals surface area contributed by atoms with E-state index in [4.69, 9.17) is 0 Å². The molecule has 0 bridgehead atoms. The molecular formula is C40H46F2N2O3. The van der Waals surface area contributed by atoms with Crippen molar-refractivity contribution in [3.8, 4) is 11.8 Å². The molecule has 1 fully saturated rings. The molecule has 1 amide bonds. The van der Waals surface area contributed by atoms with E-state index in [0.717, 1.165) is 49.3 Å². The molecule has 3 aromatic rings. The summed E-state index contributed by atoms with van der Waals surface area (Å²) in [5.41, 5.74) is 2.91. The van der Waals surface area contributed by atoms with E-state index < -0.39 is 11.7 Å². The number of fused-ring (bicyclic) bond motifs is 1. The van der Waals surface area contributed by atoms with Crippen LogP contribution in [0.3, 0.4) is 0 Å². The highest BCUT2D eigenvalue weighted by atomic mass is 19.1. The first-order valence-electron chi connectivity index (χ1n) is 16.1. The number of allylic oxidation sites excluding steroid dienone is 5. The highest BCUT2D eigenvalue weighted by molar-refractivity contribution is 6.24. The van der Waals surface area contributed by atoms with Gasteiger partial charge in [-0.15, -0.1) is 0 Å². The number of rotatable bonds is 12. The lowest BCUT2D eigenvalue weighted by Crippen LogP contribution is -2.35. The number of amides is 1. The minimum Gasteiger partial charge on any atom is -0.343 e. The number of halogens is 2. The Bertz CT molecular complexity index is 1640. The molecule has 1 aliphatic carbocycles. The van der Waals surface area contributed by atoms with Crippen LogP contribution < -0.4 is 10.6 Å². The Hall–Kier alpha value is -4.67. The van der Waals surface area contributed by atoms with E-state index in [9.17, 15) is 23.2 Å².